The summed E-state index contributed by atoms with van der Waals surface area (Å²) in [6.45, 7) is 4.89. The van der Waals surface area contributed by atoms with Crippen LogP contribution in [0, 0.1) is 0 Å². The van der Waals surface area contributed by atoms with E-state index < -0.39 is 0 Å². The molecule has 0 spiro atoms. The largest absolute Gasteiger partial charge is 0.496 e. The van der Waals surface area contributed by atoms with E-state index in [9.17, 15) is 4.79 Å². The molecule has 1 aromatic carbocycles. The van der Waals surface area contributed by atoms with Crippen molar-refractivity contribution >= 4 is 5.91 Å². The van der Waals surface area contributed by atoms with Crippen molar-refractivity contribution in [2.75, 3.05) is 13.7 Å². The predicted molar refractivity (Wildman–Crippen MR) is 62.3 cm³/mol. The first kappa shape index (κ1) is 10.7. The van der Waals surface area contributed by atoms with Gasteiger partial charge in [0.15, 0.2) is 0 Å². The Morgan fingerprint density at radius 1 is 1.56 bits per heavy atom. The Balaban J connectivity index is 2.28. The van der Waals surface area contributed by atoms with Gasteiger partial charge < -0.3 is 9.64 Å². The zero-order chi connectivity index (χ0) is 11.5. The quantitative estimate of drug-likeness (QED) is 0.706. The van der Waals surface area contributed by atoms with Crippen molar-refractivity contribution in [2.24, 2.45) is 0 Å². The van der Waals surface area contributed by atoms with Crippen LogP contribution in [0.15, 0.2) is 30.9 Å². The highest BCUT2D eigenvalue weighted by Gasteiger charge is 2.20. The van der Waals surface area contributed by atoms with Gasteiger partial charge in [0.05, 0.1) is 7.11 Å². The molecule has 0 saturated carbocycles. The van der Waals surface area contributed by atoms with Gasteiger partial charge in [-0.25, -0.2) is 0 Å². The third-order valence-corrected chi connectivity index (χ3v) is 2.93. The van der Waals surface area contributed by atoms with Crippen LogP contribution in [0.3, 0.4) is 0 Å². The summed E-state index contributed by atoms with van der Waals surface area (Å²) in [6, 6.07) is 5.96. The van der Waals surface area contributed by atoms with E-state index in [1.165, 1.54) is 17.2 Å². The van der Waals surface area contributed by atoms with Gasteiger partial charge in [0.2, 0.25) is 5.91 Å². The zero-order valence-corrected chi connectivity index (χ0v) is 9.40. The number of rotatable bonds is 2. The van der Waals surface area contributed by atoms with Gasteiger partial charge in [-0.15, -0.1) is 0 Å². The van der Waals surface area contributed by atoms with Gasteiger partial charge in [0.1, 0.15) is 5.75 Å². The van der Waals surface area contributed by atoms with Crippen LogP contribution in [0.5, 0.6) is 5.75 Å². The van der Waals surface area contributed by atoms with Gasteiger partial charge in [-0.2, -0.15) is 0 Å². The summed E-state index contributed by atoms with van der Waals surface area (Å²) in [6.07, 6.45) is 2.21. The maximum absolute atomic E-state index is 11.5. The fraction of sp³-hybridized carbons (Fsp3) is 0.308. The van der Waals surface area contributed by atoms with Crippen LogP contribution in [-0.4, -0.2) is 24.5 Å². The molecule has 1 aromatic rings. The molecule has 1 aliphatic rings. The Bertz CT molecular complexity index is 426. The molecule has 1 heterocycles. The maximum atomic E-state index is 11.5. The van der Waals surface area contributed by atoms with E-state index in [4.69, 9.17) is 4.74 Å². The minimum absolute atomic E-state index is 0.00605. The number of carbonyl (C=O) groups excluding carboxylic acids is 1. The van der Waals surface area contributed by atoms with E-state index in [-0.39, 0.29) is 5.91 Å². The smallest absolute Gasteiger partial charge is 0.246 e. The Morgan fingerprint density at radius 3 is 3.06 bits per heavy atom. The minimum atomic E-state index is -0.00605. The van der Waals surface area contributed by atoms with Crippen LogP contribution >= 0.6 is 0 Å². The lowest BCUT2D eigenvalue weighted by molar-refractivity contribution is -0.126. The Labute approximate surface area is 95.3 Å². The fourth-order valence-electron chi connectivity index (χ4n) is 2.08. The fourth-order valence-corrected chi connectivity index (χ4v) is 2.08. The van der Waals surface area contributed by atoms with Gasteiger partial charge in [0, 0.05) is 18.7 Å². The molecule has 1 amide bonds. The molecule has 0 aromatic heterocycles. The van der Waals surface area contributed by atoms with Crippen molar-refractivity contribution in [2.45, 2.75) is 13.0 Å². The van der Waals surface area contributed by atoms with Gasteiger partial charge >= 0.3 is 0 Å². The molecule has 2 rings (SSSR count). The second-order valence-electron chi connectivity index (χ2n) is 3.81. The molecule has 0 bridgehead atoms. The van der Waals surface area contributed by atoms with Crippen molar-refractivity contribution in [3.05, 3.63) is 42.0 Å². The third-order valence-electron chi connectivity index (χ3n) is 2.93. The number of hydrogen-bond acceptors (Lipinski definition) is 2. The summed E-state index contributed by atoms with van der Waals surface area (Å²) in [5.74, 6) is 0.914. The molecular formula is C13H15NO2. The molecule has 0 aliphatic carbocycles. The van der Waals surface area contributed by atoms with Crippen molar-refractivity contribution in [3.63, 3.8) is 0 Å². The van der Waals surface area contributed by atoms with Crippen LogP contribution in [0.1, 0.15) is 11.1 Å². The third kappa shape index (κ3) is 1.81. The number of benzene rings is 1. The lowest BCUT2D eigenvalue weighted by Crippen LogP contribution is -2.34. The van der Waals surface area contributed by atoms with Crippen LogP contribution in [-0.2, 0) is 17.8 Å². The second kappa shape index (κ2) is 4.39. The first-order chi connectivity index (χ1) is 7.76. The van der Waals surface area contributed by atoms with E-state index in [0.29, 0.717) is 6.54 Å². The summed E-state index contributed by atoms with van der Waals surface area (Å²) >= 11 is 0. The molecule has 1 aliphatic heterocycles. The molecule has 0 N–H and O–H groups in total. The normalized spacial score (nSPS) is 14.2. The number of amides is 1. The molecule has 0 radical (unpaired) electrons. The van der Waals surface area contributed by atoms with Crippen molar-refractivity contribution in [3.8, 4) is 5.75 Å². The summed E-state index contributed by atoms with van der Waals surface area (Å²) < 4.78 is 5.31. The highest BCUT2D eigenvalue weighted by Crippen LogP contribution is 2.27. The monoisotopic (exact) mass is 217 g/mol. The molecule has 3 heteroatoms. The molecule has 0 fully saturated rings. The summed E-state index contributed by atoms with van der Waals surface area (Å²) in [7, 11) is 1.68. The molecule has 0 saturated heterocycles. The summed E-state index contributed by atoms with van der Waals surface area (Å²) in [5.41, 5.74) is 2.39. The lowest BCUT2D eigenvalue weighted by Gasteiger charge is -2.28. The molecule has 3 nitrogen and oxygen atoms in total. The standard InChI is InChI=1S/C13H15NO2/c1-3-13(15)14-8-7-11-10(9-14)5-4-6-12(11)16-2/h3-6H,1,7-9H2,2H3. The molecule has 0 atom stereocenters. The van der Waals surface area contributed by atoms with E-state index in [1.54, 1.807) is 12.0 Å². The van der Waals surface area contributed by atoms with E-state index in [0.717, 1.165) is 18.7 Å². The number of ether oxygens (including phenoxy) is 1. The highest BCUT2D eigenvalue weighted by atomic mass is 16.5. The van der Waals surface area contributed by atoms with Gasteiger partial charge in [-0.05, 0) is 24.1 Å². The molecular weight excluding hydrogens is 202 g/mol. The first-order valence-electron chi connectivity index (χ1n) is 5.32. The van der Waals surface area contributed by atoms with Crippen molar-refractivity contribution < 1.29 is 9.53 Å². The second-order valence-corrected chi connectivity index (χ2v) is 3.81. The Kier molecular flexibility index (Phi) is 2.95. The van der Waals surface area contributed by atoms with Crippen molar-refractivity contribution in [1.82, 2.24) is 4.90 Å². The van der Waals surface area contributed by atoms with E-state index >= 15 is 0 Å². The van der Waals surface area contributed by atoms with Crippen LogP contribution in [0.25, 0.3) is 0 Å². The average Bonchev–Trinajstić information content (AvgIpc) is 2.36. The molecule has 84 valence electrons. The van der Waals surface area contributed by atoms with Gasteiger partial charge in [0.25, 0.3) is 0 Å². The average molecular weight is 217 g/mol. The van der Waals surface area contributed by atoms with E-state index in [2.05, 4.69) is 6.58 Å². The van der Waals surface area contributed by atoms with Crippen LogP contribution in [0.4, 0.5) is 0 Å². The summed E-state index contributed by atoms with van der Waals surface area (Å²) in [5, 5.41) is 0. The Morgan fingerprint density at radius 2 is 2.38 bits per heavy atom. The van der Waals surface area contributed by atoms with Crippen molar-refractivity contribution in [1.29, 1.82) is 0 Å². The molecule has 0 unspecified atom stereocenters. The summed E-state index contributed by atoms with van der Waals surface area (Å²) in [4.78, 5) is 13.3. The highest BCUT2D eigenvalue weighted by molar-refractivity contribution is 5.87. The Hall–Kier alpha value is -1.77. The van der Waals surface area contributed by atoms with Gasteiger partial charge in [-0.1, -0.05) is 18.7 Å². The van der Waals surface area contributed by atoms with Crippen LogP contribution in [0.2, 0.25) is 0 Å². The first-order valence-corrected chi connectivity index (χ1v) is 5.32. The number of methoxy groups -OCH3 is 1. The van der Waals surface area contributed by atoms with Crippen LogP contribution < -0.4 is 4.74 Å². The number of nitrogens with zero attached hydrogens (tertiary/aromatic N) is 1. The number of carbonyl (C=O) groups is 1. The van der Waals surface area contributed by atoms with Gasteiger partial charge in [-0.3, -0.25) is 4.79 Å². The topological polar surface area (TPSA) is 29.5 Å². The zero-order valence-electron chi connectivity index (χ0n) is 9.40. The lowest BCUT2D eigenvalue weighted by atomic mass is 9.98. The number of fused-ring (bicyclic) bond motifs is 1. The van der Waals surface area contributed by atoms with E-state index in [1.807, 2.05) is 18.2 Å². The molecule has 16 heavy (non-hydrogen) atoms. The maximum Gasteiger partial charge on any atom is 0.246 e. The predicted octanol–water partition coefficient (Wildman–Crippen LogP) is 1.77. The SMILES string of the molecule is C=CC(=O)N1CCc2c(cccc2OC)C1. The number of hydrogen-bond donors (Lipinski definition) is 0. The minimum Gasteiger partial charge on any atom is -0.496 e.